The normalized spacial score (nSPS) is 10.9. The van der Waals surface area contributed by atoms with Gasteiger partial charge >= 0.3 is 0 Å². The third-order valence-electron chi connectivity index (χ3n) is 3.44. The van der Waals surface area contributed by atoms with Crippen LogP contribution in [0, 0.1) is 11.7 Å². The Morgan fingerprint density at radius 3 is 2.71 bits per heavy atom. The molecule has 1 amide bonds. The number of carbonyl (C=O) groups is 1. The molecule has 28 heavy (non-hydrogen) atoms. The molecule has 0 saturated carbocycles. The summed E-state index contributed by atoms with van der Waals surface area (Å²) in [5.74, 6) is 0.427. The highest BCUT2D eigenvalue weighted by atomic mass is 35.5. The van der Waals surface area contributed by atoms with Gasteiger partial charge in [0.05, 0.1) is 25.6 Å². The summed E-state index contributed by atoms with van der Waals surface area (Å²) in [5.41, 5.74) is 0.724. The molecule has 2 aromatic carbocycles. The Balaban J connectivity index is 1.87. The van der Waals surface area contributed by atoms with Crippen molar-refractivity contribution in [2.75, 3.05) is 25.6 Å². The molecule has 150 valence electrons. The lowest BCUT2D eigenvalue weighted by Gasteiger charge is -2.12. The van der Waals surface area contributed by atoms with Crippen molar-refractivity contribution >= 4 is 29.4 Å². The van der Waals surface area contributed by atoms with Gasteiger partial charge in [-0.25, -0.2) is 4.39 Å². The van der Waals surface area contributed by atoms with Crippen LogP contribution in [0.3, 0.4) is 0 Å². The fourth-order valence-corrected chi connectivity index (χ4v) is 2.27. The van der Waals surface area contributed by atoms with Crippen molar-refractivity contribution in [2.24, 2.45) is 11.1 Å². The van der Waals surface area contributed by atoms with Gasteiger partial charge in [0.2, 0.25) is 0 Å². The summed E-state index contributed by atoms with van der Waals surface area (Å²) in [7, 11) is 1.55. The molecule has 0 heterocycles. The Bertz CT molecular complexity index is 843. The highest BCUT2D eigenvalue weighted by Crippen LogP contribution is 2.28. The van der Waals surface area contributed by atoms with E-state index in [9.17, 15) is 9.18 Å². The van der Waals surface area contributed by atoms with Crippen molar-refractivity contribution in [3.8, 4) is 11.5 Å². The maximum absolute atomic E-state index is 13.6. The number of oxime groups is 1. The molecule has 0 bridgehead atoms. The number of nitrogens with zero attached hydrogens (tertiary/aromatic N) is 1. The van der Waals surface area contributed by atoms with Gasteiger partial charge in [0.15, 0.2) is 18.1 Å². The molecule has 0 spiro atoms. The second kappa shape index (κ2) is 10.5. The molecule has 0 aliphatic heterocycles. The van der Waals surface area contributed by atoms with E-state index in [0.29, 0.717) is 29.6 Å². The maximum atomic E-state index is 13.6. The molecule has 2 rings (SSSR count). The van der Waals surface area contributed by atoms with Gasteiger partial charge in [-0.15, -0.1) is 0 Å². The van der Waals surface area contributed by atoms with E-state index in [4.69, 9.17) is 25.9 Å². The summed E-state index contributed by atoms with van der Waals surface area (Å²) in [6.45, 7) is 4.33. The fourth-order valence-electron chi connectivity index (χ4n) is 2.11. The Morgan fingerprint density at radius 2 is 2.04 bits per heavy atom. The summed E-state index contributed by atoms with van der Waals surface area (Å²) >= 11 is 5.66. The number of anilines is 1. The predicted octanol–water partition coefficient (Wildman–Crippen LogP) is 4.51. The van der Waals surface area contributed by atoms with Gasteiger partial charge in [-0.1, -0.05) is 30.6 Å². The number of rotatable bonds is 9. The van der Waals surface area contributed by atoms with Crippen molar-refractivity contribution in [3.63, 3.8) is 0 Å². The van der Waals surface area contributed by atoms with Crippen LogP contribution >= 0.6 is 11.6 Å². The first-order valence-corrected chi connectivity index (χ1v) is 8.98. The Hall–Kier alpha value is -2.80. The van der Waals surface area contributed by atoms with Crippen LogP contribution in [-0.4, -0.2) is 32.4 Å². The van der Waals surface area contributed by atoms with E-state index in [1.807, 2.05) is 0 Å². The molecule has 0 aliphatic carbocycles. The minimum absolute atomic E-state index is 0.0173. The molecule has 8 heteroatoms. The van der Waals surface area contributed by atoms with Gasteiger partial charge in [0.25, 0.3) is 5.91 Å². The number of halogens is 2. The number of methoxy groups -OCH3 is 1. The molecule has 0 fully saturated rings. The lowest BCUT2D eigenvalue weighted by molar-refractivity contribution is -0.120. The molecule has 0 aromatic heterocycles. The van der Waals surface area contributed by atoms with Gasteiger partial charge in [-0.3, -0.25) is 4.79 Å². The summed E-state index contributed by atoms with van der Waals surface area (Å²) in [5, 5.41) is 6.36. The van der Waals surface area contributed by atoms with Crippen molar-refractivity contribution < 1.29 is 23.5 Å². The zero-order valence-electron chi connectivity index (χ0n) is 15.9. The van der Waals surface area contributed by atoms with E-state index in [1.165, 1.54) is 18.3 Å². The van der Waals surface area contributed by atoms with E-state index >= 15 is 0 Å². The minimum atomic E-state index is -0.628. The third-order valence-corrected chi connectivity index (χ3v) is 3.67. The minimum Gasteiger partial charge on any atom is -0.493 e. The SMILES string of the molecule is COc1cc(/C=N\OCC(=O)Nc2ccc(Cl)cc2F)ccc1OCC(C)C. The van der Waals surface area contributed by atoms with Crippen molar-refractivity contribution in [1.82, 2.24) is 0 Å². The first-order valence-electron chi connectivity index (χ1n) is 8.60. The number of hydrogen-bond acceptors (Lipinski definition) is 5. The Kier molecular flexibility index (Phi) is 8.07. The number of ether oxygens (including phenoxy) is 2. The molecular formula is C20H22ClFN2O4. The number of hydrogen-bond donors (Lipinski definition) is 1. The second-order valence-corrected chi connectivity index (χ2v) is 6.73. The van der Waals surface area contributed by atoms with Crippen molar-refractivity contribution in [2.45, 2.75) is 13.8 Å². The van der Waals surface area contributed by atoms with E-state index in [2.05, 4.69) is 24.3 Å². The van der Waals surface area contributed by atoms with Gasteiger partial charge in [-0.05, 0) is 42.3 Å². The summed E-state index contributed by atoms with van der Waals surface area (Å²) in [4.78, 5) is 16.7. The number of nitrogens with one attached hydrogen (secondary N) is 1. The number of carbonyl (C=O) groups excluding carboxylic acids is 1. The average Bonchev–Trinajstić information content (AvgIpc) is 2.66. The maximum Gasteiger partial charge on any atom is 0.265 e. The molecular weight excluding hydrogens is 387 g/mol. The molecule has 0 unspecified atom stereocenters. The van der Waals surface area contributed by atoms with Crippen molar-refractivity contribution in [1.29, 1.82) is 0 Å². The van der Waals surface area contributed by atoms with Crippen LogP contribution in [0.2, 0.25) is 5.02 Å². The second-order valence-electron chi connectivity index (χ2n) is 6.30. The average molecular weight is 409 g/mol. The molecule has 0 saturated heterocycles. The topological polar surface area (TPSA) is 69.2 Å². The van der Waals surface area contributed by atoms with Gasteiger partial charge in [0.1, 0.15) is 5.82 Å². The van der Waals surface area contributed by atoms with E-state index < -0.39 is 11.7 Å². The highest BCUT2D eigenvalue weighted by molar-refractivity contribution is 6.30. The predicted molar refractivity (Wildman–Crippen MR) is 107 cm³/mol. The summed E-state index contributed by atoms with van der Waals surface area (Å²) in [6.07, 6.45) is 1.44. The van der Waals surface area contributed by atoms with Crippen LogP contribution in [0.4, 0.5) is 10.1 Å². The monoisotopic (exact) mass is 408 g/mol. The summed E-state index contributed by atoms with van der Waals surface area (Å²) in [6, 6.07) is 9.26. The zero-order valence-corrected chi connectivity index (χ0v) is 16.6. The molecule has 0 atom stereocenters. The smallest absolute Gasteiger partial charge is 0.265 e. The van der Waals surface area contributed by atoms with E-state index in [1.54, 1.807) is 25.3 Å². The molecule has 0 aliphatic rings. The van der Waals surface area contributed by atoms with Crippen LogP contribution in [-0.2, 0) is 9.63 Å². The molecule has 0 radical (unpaired) electrons. The molecule has 2 aromatic rings. The molecule has 6 nitrogen and oxygen atoms in total. The fraction of sp³-hybridized carbons (Fsp3) is 0.300. The van der Waals surface area contributed by atoms with Crippen LogP contribution < -0.4 is 14.8 Å². The van der Waals surface area contributed by atoms with Gasteiger partial charge in [0, 0.05) is 10.6 Å². The quantitative estimate of drug-likeness (QED) is 0.489. The lowest BCUT2D eigenvalue weighted by Crippen LogP contribution is -2.17. The van der Waals surface area contributed by atoms with E-state index in [0.717, 1.165) is 6.07 Å². The molecule has 1 N–H and O–H groups in total. The van der Waals surface area contributed by atoms with Crippen LogP contribution in [0.5, 0.6) is 11.5 Å². The van der Waals surface area contributed by atoms with Crippen molar-refractivity contribution in [3.05, 3.63) is 52.8 Å². The Morgan fingerprint density at radius 1 is 1.25 bits per heavy atom. The van der Waals surface area contributed by atoms with Gasteiger partial charge in [-0.2, -0.15) is 0 Å². The van der Waals surface area contributed by atoms with E-state index in [-0.39, 0.29) is 17.3 Å². The van der Waals surface area contributed by atoms with Crippen LogP contribution in [0.25, 0.3) is 0 Å². The largest absolute Gasteiger partial charge is 0.493 e. The van der Waals surface area contributed by atoms with Gasteiger partial charge < -0.3 is 19.6 Å². The van der Waals surface area contributed by atoms with Crippen LogP contribution in [0.1, 0.15) is 19.4 Å². The number of amides is 1. The summed E-state index contributed by atoms with van der Waals surface area (Å²) < 4.78 is 24.6. The zero-order chi connectivity index (χ0) is 20.5. The first kappa shape index (κ1) is 21.5. The highest BCUT2D eigenvalue weighted by Gasteiger charge is 2.08. The Labute approximate surface area is 168 Å². The first-order chi connectivity index (χ1) is 13.4. The van der Waals surface area contributed by atoms with Crippen LogP contribution in [0.15, 0.2) is 41.6 Å². The standard InChI is InChI=1S/C20H22ClFN2O4/c1-13(2)11-27-18-7-4-14(8-19(18)26-3)10-23-28-12-20(25)24-17-6-5-15(21)9-16(17)22/h4-10,13H,11-12H2,1-3H3,(H,24,25)/b23-10-. The number of benzene rings is 2. The third kappa shape index (κ3) is 6.74. The lowest BCUT2D eigenvalue weighted by atomic mass is 10.2.